The van der Waals surface area contributed by atoms with Crippen molar-refractivity contribution in [3.8, 4) is 28.5 Å². The fourth-order valence-corrected chi connectivity index (χ4v) is 8.45. The minimum Gasteiger partial charge on any atom is -0.485 e. The van der Waals surface area contributed by atoms with Crippen molar-refractivity contribution in [1.82, 2.24) is 15.0 Å². The number of hydrogen-bond donors (Lipinski definition) is 0. The van der Waals surface area contributed by atoms with Gasteiger partial charge in [-0.2, -0.15) is 0 Å². The first-order valence-electron chi connectivity index (χ1n) is 16.2. The summed E-state index contributed by atoms with van der Waals surface area (Å²) in [6, 6.07) is 48.8. The molecule has 10 rings (SSSR count). The van der Waals surface area contributed by atoms with Crippen LogP contribution >= 0.6 is 11.3 Å². The Labute approximate surface area is 281 Å². The first-order valence-corrected chi connectivity index (χ1v) is 17.0. The van der Waals surface area contributed by atoms with E-state index < -0.39 is 0 Å². The van der Waals surface area contributed by atoms with E-state index in [-0.39, 0.29) is 12.0 Å². The third-order valence-electron chi connectivity index (χ3n) is 9.51. The van der Waals surface area contributed by atoms with Gasteiger partial charge in [0.2, 0.25) is 0 Å². The predicted octanol–water partition coefficient (Wildman–Crippen LogP) is 10.8. The van der Waals surface area contributed by atoms with E-state index in [1.165, 1.54) is 30.9 Å². The molecular weight excluding hydrogens is 607 g/mol. The summed E-state index contributed by atoms with van der Waals surface area (Å²) in [6.07, 6.45) is 4.23. The van der Waals surface area contributed by atoms with Gasteiger partial charge >= 0.3 is 0 Å². The molecule has 2 aliphatic rings. The molecule has 0 saturated heterocycles. The molecule has 1 aliphatic heterocycles. The van der Waals surface area contributed by atoms with Crippen molar-refractivity contribution in [2.24, 2.45) is 0 Å². The number of allylic oxidation sites excluding steroid dienone is 2. The van der Waals surface area contributed by atoms with Gasteiger partial charge in [0.05, 0.1) is 5.92 Å². The standard InChI is InChI=1S/C43H27N3OS/c1-2-12-27(13-3-1)41-44-42(33-17-10-20-37-38(33)32-16-7-9-19-36(32)48-37)46-43(45-41)40-30(29-22-21-26-11-4-5-14-28(26)25-29)23-24-35-39(40)31-15-6-8-18-34(31)47-35/h1-25,35,39H. The van der Waals surface area contributed by atoms with Crippen LogP contribution in [0.5, 0.6) is 5.75 Å². The van der Waals surface area contributed by atoms with Gasteiger partial charge in [-0.25, -0.2) is 15.0 Å². The van der Waals surface area contributed by atoms with Gasteiger partial charge in [-0.05, 0) is 52.3 Å². The maximum Gasteiger partial charge on any atom is 0.164 e. The summed E-state index contributed by atoms with van der Waals surface area (Å²) >= 11 is 1.80. The molecule has 0 radical (unpaired) electrons. The molecule has 0 fully saturated rings. The normalized spacial score (nSPS) is 16.8. The summed E-state index contributed by atoms with van der Waals surface area (Å²) < 4.78 is 9.01. The van der Waals surface area contributed by atoms with Gasteiger partial charge in [-0.15, -0.1) is 11.3 Å². The van der Waals surface area contributed by atoms with Crippen LogP contribution in [0.15, 0.2) is 152 Å². The number of hydrogen-bond acceptors (Lipinski definition) is 5. The predicted molar refractivity (Wildman–Crippen MR) is 197 cm³/mol. The van der Waals surface area contributed by atoms with Crippen LogP contribution in [0.25, 0.3) is 64.9 Å². The SMILES string of the molecule is C1=CC2Oc3ccccc3C2C(c2nc(-c3ccccc3)nc(-c3cccc4sc5ccccc5c34)n2)=C1c1ccc2ccccc2c1. The van der Waals surface area contributed by atoms with Crippen LogP contribution in [-0.2, 0) is 0 Å². The van der Waals surface area contributed by atoms with Crippen molar-refractivity contribution >= 4 is 53.4 Å². The second kappa shape index (κ2) is 10.8. The van der Waals surface area contributed by atoms with Crippen LogP contribution in [0.1, 0.15) is 22.9 Å². The number of ether oxygens (including phenoxy) is 1. The van der Waals surface area contributed by atoms with Gasteiger partial charge in [-0.1, -0.05) is 121 Å². The third-order valence-corrected chi connectivity index (χ3v) is 10.6. The highest BCUT2D eigenvalue weighted by molar-refractivity contribution is 7.25. The lowest BCUT2D eigenvalue weighted by atomic mass is 9.79. The fourth-order valence-electron chi connectivity index (χ4n) is 7.32. The highest BCUT2D eigenvalue weighted by Gasteiger charge is 2.40. The minimum atomic E-state index is -0.161. The second-order valence-corrected chi connectivity index (χ2v) is 13.4. The molecule has 2 unspecified atom stereocenters. The molecule has 2 aromatic heterocycles. The Kier molecular flexibility index (Phi) is 6.14. The van der Waals surface area contributed by atoms with Crippen molar-refractivity contribution in [3.05, 3.63) is 169 Å². The number of para-hydroxylation sites is 1. The van der Waals surface area contributed by atoms with E-state index in [1.807, 2.05) is 24.3 Å². The Balaban J connectivity index is 1.28. The maximum atomic E-state index is 6.55. The smallest absolute Gasteiger partial charge is 0.164 e. The zero-order valence-corrected chi connectivity index (χ0v) is 26.6. The molecule has 6 aromatic carbocycles. The van der Waals surface area contributed by atoms with Crippen LogP contribution in [-0.4, -0.2) is 21.1 Å². The molecule has 4 nitrogen and oxygen atoms in total. The fraction of sp³-hybridized carbons (Fsp3) is 0.0465. The van der Waals surface area contributed by atoms with Gasteiger partial charge in [0.25, 0.3) is 0 Å². The van der Waals surface area contributed by atoms with Crippen LogP contribution < -0.4 is 4.74 Å². The number of thiophene rings is 1. The molecule has 48 heavy (non-hydrogen) atoms. The van der Waals surface area contributed by atoms with Crippen LogP contribution in [0, 0.1) is 0 Å². The number of nitrogens with zero attached hydrogens (tertiary/aromatic N) is 3. The van der Waals surface area contributed by atoms with Crippen molar-refractivity contribution in [3.63, 3.8) is 0 Å². The van der Waals surface area contributed by atoms with E-state index in [1.54, 1.807) is 11.3 Å². The monoisotopic (exact) mass is 633 g/mol. The van der Waals surface area contributed by atoms with Crippen molar-refractivity contribution in [2.45, 2.75) is 12.0 Å². The van der Waals surface area contributed by atoms with E-state index in [9.17, 15) is 0 Å². The van der Waals surface area contributed by atoms with E-state index >= 15 is 0 Å². The number of benzene rings is 6. The number of aromatic nitrogens is 3. The van der Waals surface area contributed by atoms with Gasteiger partial charge in [0, 0.05) is 42.4 Å². The molecule has 0 N–H and O–H groups in total. The summed E-state index contributed by atoms with van der Waals surface area (Å²) in [7, 11) is 0. The highest BCUT2D eigenvalue weighted by Crippen LogP contribution is 2.51. The molecule has 1 aliphatic carbocycles. The molecule has 0 spiro atoms. The van der Waals surface area contributed by atoms with Crippen molar-refractivity contribution in [2.75, 3.05) is 0 Å². The zero-order valence-electron chi connectivity index (χ0n) is 25.7. The van der Waals surface area contributed by atoms with Gasteiger partial charge in [0.1, 0.15) is 11.9 Å². The lowest BCUT2D eigenvalue weighted by molar-refractivity contribution is 0.271. The average Bonchev–Trinajstić information content (AvgIpc) is 3.73. The lowest BCUT2D eigenvalue weighted by Crippen LogP contribution is -2.22. The molecule has 0 amide bonds. The summed E-state index contributed by atoms with van der Waals surface area (Å²) in [6.45, 7) is 0. The van der Waals surface area contributed by atoms with Crippen LogP contribution in [0.4, 0.5) is 0 Å². The quantitative estimate of drug-likeness (QED) is 0.193. The summed E-state index contributed by atoms with van der Waals surface area (Å²) in [4.78, 5) is 15.9. The van der Waals surface area contributed by atoms with Crippen LogP contribution in [0.3, 0.4) is 0 Å². The summed E-state index contributed by atoms with van der Waals surface area (Å²) in [5, 5.41) is 4.79. The van der Waals surface area contributed by atoms with Crippen LogP contribution in [0.2, 0.25) is 0 Å². The topological polar surface area (TPSA) is 47.9 Å². The number of rotatable bonds is 4. The van der Waals surface area contributed by atoms with Gasteiger partial charge in [0.15, 0.2) is 17.5 Å². The minimum absolute atomic E-state index is 0.0793. The molecule has 0 saturated carbocycles. The molecule has 2 atom stereocenters. The first-order chi connectivity index (χ1) is 23.8. The Hall–Kier alpha value is -5.91. The Bertz CT molecular complexity index is 2620. The van der Waals surface area contributed by atoms with E-state index in [4.69, 9.17) is 19.7 Å². The average molecular weight is 634 g/mol. The van der Waals surface area contributed by atoms with Crippen molar-refractivity contribution < 1.29 is 4.74 Å². The van der Waals surface area contributed by atoms with Gasteiger partial charge < -0.3 is 4.74 Å². The molecule has 0 bridgehead atoms. The van der Waals surface area contributed by atoms with Crippen molar-refractivity contribution in [1.29, 1.82) is 0 Å². The summed E-state index contributed by atoms with van der Waals surface area (Å²) in [5.74, 6) is 2.80. The van der Waals surface area contributed by atoms with E-state index in [2.05, 4.69) is 127 Å². The molecule has 8 aromatic rings. The Morgan fingerprint density at radius 2 is 1.31 bits per heavy atom. The maximum absolute atomic E-state index is 6.55. The largest absolute Gasteiger partial charge is 0.485 e. The Morgan fingerprint density at radius 1 is 0.562 bits per heavy atom. The summed E-state index contributed by atoms with van der Waals surface area (Å²) in [5.41, 5.74) is 6.36. The highest BCUT2D eigenvalue weighted by atomic mass is 32.1. The Morgan fingerprint density at radius 3 is 2.25 bits per heavy atom. The molecule has 5 heteroatoms. The van der Waals surface area contributed by atoms with E-state index in [0.29, 0.717) is 17.5 Å². The zero-order chi connectivity index (χ0) is 31.6. The lowest BCUT2D eigenvalue weighted by Gasteiger charge is -2.26. The third kappa shape index (κ3) is 4.32. The van der Waals surface area contributed by atoms with Gasteiger partial charge in [-0.3, -0.25) is 0 Å². The second-order valence-electron chi connectivity index (χ2n) is 12.3. The molecule has 226 valence electrons. The number of fused-ring (bicyclic) bond motifs is 7. The molecule has 3 heterocycles. The molecular formula is C43H27N3OS. The van der Waals surface area contributed by atoms with E-state index in [0.717, 1.165) is 39.1 Å². The first kappa shape index (κ1) is 27.2.